The number of azo groups is 2. The number of thioether (sulfide) groups is 1. The number of carbonyl (C=O) groups is 6. The number of thiazole rings is 2. The van der Waals surface area contributed by atoms with E-state index >= 15 is 0 Å². The number of rotatable bonds is 27. The summed E-state index contributed by atoms with van der Waals surface area (Å²) in [6.07, 6.45) is 3.79. The highest BCUT2D eigenvalue weighted by atomic mass is 32.2. The first-order valence-electron chi connectivity index (χ1n) is 27.0. The van der Waals surface area contributed by atoms with Gasteiger partial charge in [0.05, 0.1) is 32.3 Å². The first-order chi connectivity index (χ1) is 44.0. The fourth-order valence-corrected chi connectivity index (χ4v) is 10.9. The van der Waals surface area contributed by atoms with Gasteiger partial charge in [-0.3, -0.25) is 33.3 Å². The molecule has 4 amide bonds. The van der Waals surface area contributed by atoms with Gasteiger partial charge in [-0.2, -0.15) is 23.4 Å². The van der Waals surface area contributed by atoms with Gasteiger partial charge in [-0.1, -0.05) is 53.5 Å². The average Bonchev–Trinajstić information content (AvgIpc) is 1.86. The highest BCUT2D eigenvalue weighted by Crippen LogP contribution is 2.38. The predicted octanol–water partition coefficient (Wildman–Crippen LogP) is 8.57. The molecule has 0 bridgehead atoms. The summed E-state index contributed by atoms with van der Waals surface area (Å²) in [5, 5.41) is 28.7. The van der Waals surface area contributed by atoms with Crippen LogP contribution in [0.15, 0.2) is 133 Å². The molecule has 7 aromatic rings. The van der Waals surface area contributed by atoms with Crippen molar-refractivity contribution < 1.29 is 67.0 Å². The van der Waals surface area contributed by atoms with Gasteiger partial charge in [-0.15, -0.1) is 45.7 Å². The molecule has 0 atom stereocenters. The van der Waals surface area contributed by atoms with Crippen molar-refractivity contribution in [2.45, 2.75) is 58.6 Å². The number of nitrogens with zero attached hydrogens (tertiary/aromatic N) is 11. The quantitative estimate of drug-likeness (QED) is 0.00632. The van der Waals surface area contributed by atoms with Crippen LogP contribution in [0.3, 0.4) is 0 Å². The maximum atomic E-state index is 13.4. The highest BCUT2D eigenvalue weighted by molar-refractivity contribution is 7.99. The van der Waals surface area contributed by atoms with E-state index in [-0.39, 0.29) is 60.8 Å². The molecule has 3 aromatic heterocycles. The second kappa shape index (κ2) is 34.8. The van der Waals surface area contributed by atoms with Crippen LogP contribution in [0.4, 0.5) is 67.7 Å². The minimum atomic E-state index is -5.06. The van der Waals surface area contributed by atoms with Crippen molar-refractivity contribution in [2.24, 2.45) is 31.9 Å². The van der Waals surface area contributed by atoms with E-state index in [4.69, 9.17) is 51.7 Å². The summed E-state index contributed by atoms with van der Waals surface area (Å²) in [6, 6.07) is 22.5. The number of amides is 4. The van der Waals surface area contributed by atoms with Crippen LogP contribution in [0.2, 0.25) is 0 Å². The van der Waals surface area contributed by atoms with E-state index < -0.39 is 77.1 Å². The SMILES string of the molecule is CCSc1nc(Nc2cc(N(CC)CC)ccc2N=Nc2ncc(/C=C(\C(C)=O)C(=O)Nc3cccc(C(N)=O)c3)s2)nc(Nc2cc(N(CC)CC)ccc2N=Nc2nc(S(=O)(=O)O)c(/C=C(/C(C)=O)C(=O)Nc3cccc(C(N)=O)c3)s2)n1.O=S(=O)=O.O=S(=O)=O. The van der Waals surface area contributed by atoms with Gasteiger partial charge in [-0.25, -0.2) is 9.97 Å². The highest BCUT2D eigenvalue weighted by Gasteiger charge is 2.25. The Morgan fingerprint density at radius 2 is 1.04 bits per heavy atom. The van der Waals surface area contributed by atoms with Crippen molar-refractivity contribution in [3.63, 3.8) is 0 Å². The Balaban J connectivity index is 0.00000185. The second-order valence-electron chi connectivity index (χ2n) is 18.2. The van der Waals surface area contributed by atoms with Crippen LogP contribution in [-0.4, -0.2) is 130 Å². The summed E-state index contributed by atoms with van der Waals surface area (Å²) in [5.74, 6) is -3.60. The molecule has 7 rings (SSSR count). The van der Waals surface area contributed by atoms with Crippen LogP contribution in [0, 0.1) is 0 Å². The van der Waals surface area contributed by atoms with Crippen LogP contribution in [0.25, 0.3) is 12.2 Å². The molecule has 0 saturated carbocycles. The third-order valence-corrected chi connectivity index (χ3v) is 15.4. The van der Waals surface area contributed by atoms with Crippen molar-refractivity contribution in [1.29, 1.82) is 0 Å². The topological polar surface area (TPSA) is 480 Å². The number of aromatic nitrogens is 5. The standard InChI is InChI=1S/C55H57N17O9S4.2O3S/c1-8-71(9-2)36-19-21-41(67-69-53-58-29-38(83-53)27-39(30(6)73)48(77)59-34-17-13-15-32(23-34)46(56)75)43(25-36)61-51-64-52(66-54(65-51)82-12-5)62-44-26-37(72(10-3)11-4)20-22-42(44)68-70-55-63-50(85(79,80)81)45(84-55)28-40(31(7)74)49(78)60-35-18-14-16-33(24-35)47(57)76;2*1-4(2)3/h13-29H,8-12H2,1-7H3,(H2,56,75)(H2,57,76)(H,59,77)(H,60,78)(H,79,80,81)(H2,61,62,64,65,66);;/b39-27+,40-28-,69-67?,70-68?;;. The van der Waals surface area contributed by atoms with Gasteiger partial charge in [0.2, 0.25) is 39.0 Å². The van der Waals surface area contributed by atoms with Gasteiger partial charge in [0.15, 0.2) is 16.7 Å². The van der Waals surface area contributed by atoms with Crippen molar-refractivity contribution in [2.75, 3.05) is 63.0 Å². The monoisotopic (exact) mass is 1390 g/mol. The molecule has 38 heteroatoms. The summed E-state index contributed by atoms with van der Waals surface area (Å²) in [6.45, 7) is 15.0. The zero-order valence-electron chi connectivity index (χ0n) is 50.0. The van der Waals surface area contributed by atoms with Gasteiger partial charge in [0, 0.05) is 66.3 Å². The molecule has 32 nitrogen and oxygen atoms in total. The van der Waals surface area contributed by atoms with E-state index in [1.807, 2.05) is 52.8 Å². The number of Topliss-reactive ketones (excluding diaryl/α,β-unsaturated/α-hetero) is 2. The lowest BCUT2D eigenvalue weighted by Crippen LogP contribution is -2.21. The molecule has 0 aliphatic heterocycles. The van der Waals surface area contributed by atoms with Crippen LogP contribution < -0.4 is 42.5 Å². The van der Waals surface area contributed by atoms with Crippen molar-refractivity contribution in [3.8, 4) is 0 Å². The lowest BCUT2D eigenvalue weighted by atomic mass is 10.1. The van der Waals surface area contributed by atoms with E-state index in [0.717, 1.165) is 35.7 Å². The van der Waals surface area contributed by atoms with Crippen LogP contribution >= 0.6 is 34.4 Å². The molecule has 0 aliphatic carbocycles. The molecule has 9 N–H and O–H groups in total. The number of nitrogens with one attached hydrogen (secondary N) is 4. The fourth-order valence-electron chi connectivity index (χ4n) is 7.93. The summed E-state index contributed by atoms with van der Waals surface area (Å²) < 4.78 is 86.3. The molecule has 93 heavy (non-hydrogen) atoms. The van der Waals surface area contributed by atoms with Crippen LogP contribution in [0.1, 0.15) is 78.9 Å². The summed E-state index contributed by atoms with van der Waals surface area (Å²) in [5.41, 5.74) is 13.8. The number of nitrogens with two attached hydrogens (primary N) is 2. The Hall–Kier alpha value is -10.2. The Labute approximate surface area is 546 Å². The van der Waals surface area contributed by atoms with E-state index in [1.54, 1.807) is 30.3 Å². The third-order valence-electron chi connectivity index (χ3n) is 12.1. The average molecular weight is 1390 g/mol. The fraction of sp³-hybridized carbons (Fsp3) is 0.218. The minimum Gasteiger partial charge on any atom is -0.372 e. The van der Waals surface area contributed by atoms with Crippen molar-refractivity contribution in [3.05, 3.63) is 123 Å². The molecule has 0 saturated heterocycles. The number of primary amides is 2. The van der Waals surface area contributed by atoms with Gasteiger partial charge in [0.25, 0.3) is 11.8 Å². The molecule has 4 aromatic carbocycles. The third kappa shape index (κ3) is 22.6. The summed E-state index contributed by atoms with van der Waals surface area (Å²) in [4.78, 5) is 103. The first-order valence-corrected chi connectivity index (χ1v) is 33.0. The molecule has 3 heterocycles. The Morgan fingerprint density at radius 1 is 0.602 bits per heavy atom. The first kappa shape index (κ1) is 73.5. The molecular formula is C55H57N17O15S6. The van der Waals surface area contributed by atoms with Crippen molar-refractivity contribution >= 4 is 181 Å². The van der Waals surface area contributed by atoms with Gasteiger partial charge in [-0.05, 0) is 132 Å². The summed E-state index contributed by atoms with van der Waals surface area (Å²) in [7, 11) is -11.3. The lowest BCUT2D eigenvalue weighted by Gasteiger charge is -2.22. The zero-order valence-corrected chi connectivity index (χ0v) is 54.9. The number of hydrogen-bond acceptors (Lipinski definition) is 30. The normalized spacial score (nSPS) is 11.4. The van der Waals surface area contributed by atoms with Crippen LogP contribution in [0.5, 0.6) is 0 Å². The number of benzene rings is 4. The molecule has 0 aliphatic rings. The molecule has 488 valence electrons. The van der Waals surface area contributed by atoms with E-state index in [9.17, 15) is 41.7 Å². The molecule has 0 spiro atoms. The number of anilines is 8. The molecular weight excluding hydrogens is 1330 g/mol. The van der Waals surface area contributed by atoms with Crippen molar-refractivity contribution in [1.82, 2.24) is 24.9 Å². The molecule has 0 radical (unpaired) electrons. The maximum Gasteiger partial charge on any atom is 0.425 e. The Kier molecular flexibility index (Phi) is 27.5. The van der Waals surface area contributed by atoms with Gasteiger partial charge >= 0.3 is 31.3 Å². The van der Waals surface area contributed by atoms with Gasteiger partial charge in [0.1, 0.15) is 11.4 Å². The number of ketones is 2. The minimum absolute atomic E-state index is 0.0811. The number of hydrogen-bond donors (Lipinski definition) is 7. The van der Waals surface area contributed by atoms with E-state index in [1.165, 1.54) is 67.4 Å². The predicted molar refractivity (Wildman–Crippen MR) is 349 cm³/mol. The molecule has 0 fully saturated rings. The Morgan fingerprint density at radius 3 is 1.45 bits per heavy atom. The largest absolute Gasteiger partial charge is 0.425 e. The van der Waals surface area contributed by atoms with E-state index in [0.29, 0.717) is 70.4 Å². The number of carbonyl (C=O) groups excluding carboxylic acids is 6. The van der Waals surface area contributed by atoms with E-state index in [2.05, 4.69) is 61.5 Å². The van der Waals surface area contributed by atoms with Crippen LogP contribution in [-0.2, 0) is 50.5 Å². The lowest BCUT2D eigenvalue weighted by molar-refractivity contribution is -0.120. The smallest absolute Gasteiger partial charge is 0.372 e. The van der Waals surface area contributed by atoms with Gasteiger partial charge < -0.3 is 42.5 Å². The Bertz CT molecular complexity index is 4420. The second-order valence-corrected chi connectivity index (χ2v) is 23.7. The zero-order chi connectivity index (χ0) is 68.7. The maximum absolute atomic E-state index is 13.4. The molecule has 0 unspecified atom stereocenters. The summed E-state index contributed by atoms with van der Waals surface area (Å²) >= 11 is 3.04.